The SMILES string of the molecule is CCC(COC)NCC(C)C#N. The molecule has 0 aliphatic carbocycles. The van der Waals surface area contributed by atoms with Crippen molar-refractivity contribution in [1.82, 2.24) is 5.32 Å². The predicted octanol–water partition coefficient (Wildman–Crippen LogP) is 1.16. The van der Waals surface area contributed by atoms with Crippen LogP contribution >= 0.6 is 0 Å². The van der Waals surface area contributed by atoms with Crippen LogP contribution in [0, 0.1) is 17.2 Å². The van der Waals surface area contributed by atoms with E-state index in [-0.39, 0.29) is 5.92 Å². The molecule has 0 aromatic heterocycles. The second-order valence-electron chi connectivity index (χ2n) is 3.00. The molecule has 0 aliphatic heterocycles. The largest absolute Gasteiger partial charge is 0.383 e. The fraction of sp³-hybridized carbons (Fsp3) is 0.889. The Kier molecular flexibility index (Phi) is 6.73. The Bertz CT molecular complexity index is 142. The molecule has 3 heteroatoms. The van der Waals surface area contributed by atoms with Gasteiger partial charge in [0.2, 0.25) is 0 Å². The van der Waals surface area contributed by atoms with Crippen LogP contribution in [0.1, 0.15) is 20.3 Å². The molecule has 3 nitrogen and oxygen atoms in total. The first-order chi connectivity index (χ1) is 5.74. The van der Waals surface area contributed by atoms with Gasteiger partial charge >= 0.3 is 0 Å². The van der Waals surface area contributed by atoms with E-state index in [1.54, 1.807) is 7.11 Å². The number of nitriles is 1. The van der Waals surface area contributed by atoms with E-state index in [0.717, 1.165) is 13.0 Å². The van der Waals surface area contributed by atoms with Gasteiger partial charge in [-0.1, -0.05) is 6.92 Å². The van der Waals surface area contributed by atoms with Crippen molar-refractivity contribution in [3.05, 3.63) is 0 Å². The number of nitrogens with one attached hydrogen (secondary N) is 1. The zero-order valence-electron chi connectivity index (χ0n) is 8.13. The number of hydrogen-bond donors (Lipinski definition) is 1. The minimum Gasteiger partial charge on any atom is -0.383 e. The minimum atomic E-state index is 0.0795. The summed E-state index contributed by atoms with van der Waals surface area (Å²) in [5, 5.41) is 11.8. The van der Waals surface area contributed by atoms with Gasteiger partial charge in [0.25, 0.3) is 0 Å². The summed E-state index contributed by atoms with van der Waals surface area (Å²) in [5.41, 5.74) is 0. The Morgan fingerprint density at radius 3 is 2.67 bits per heavy atom. The maximum absolute atomic E-state index is 8.53. The van der Waals surface area contributed by atoms with Crippen LogP contribution in [0.3, 0.4) is 0 Å². The van der Waals surface area contributed by atoms with Crippen LogP contribution in [0.15, 0.2) is 0 Å². The van der Waals surface area contributed by atoms with Crippen molar-refractivity contribution in [3.63, 3.8) is 0 Å². The number of methoxy groups -OCH3 is 1. The van der Waals surface area contributed by atoms with Gasteiger partial charge in [-0.25, -0.2) is 0 Å². The van der Waals surface area contributed by atoms with Gasteiger partial charge in [-0.15, -0.1) is 0 Å². The van der Waals surface area contributed by atoms with E-state index in [0.29, 0.717) is 12.6 Å². The molecule has 1 N–H and O–H groups in total. The number of hydrogen-bond acceptors (Lipinski definition) is 3. The van der Waals surface area contributed by atoms with Gasteiger partial charge < -0.3 is 10.1 Å². The Hall–Kier alpha value is -0.590. The molecule has 12 heavy (non-hydrogen) atoms. The maximum Gasteiger partial charge on any atom is 0.0666 e. The van der Waals surface area contributed by atoms with E-state index in [2.05, 4.69) is 18.3 Å². The van der Waals surface area contributed by atoms with Crippen LogP contribution in [-0.2, 0) is 4.74 Å². The molecular formula is C9H18N2O. The Morgan fingerprint density at radius 1 is 1.58 bits per heavy atom. The van der Waals surface area contributed by atoms with E-state index in [4.69, 9.17) is 10.00 Å². The summed E-state index contributed by atoms with van der Waals surface area (Å²) in [5.74, 6) is 0.0795. The van der Waals surface area contributed by atoms with Gasteiger partial charge in [0.05, 0.1) is 18.6 Å². The zero-order chi connectivity index (χ0) is 9.40. The minimum absolute atomic E-state index is 0.0795. The molecular weight excluding hydrogens is 152 g/mol. The fourth-order valence-electron chi connectivity index (χ4n) is 0.911. The lowest BCUT2D eigenvalue weighted by Crippen LogP contribution is -2.35. The molecule has 0 aromatic carbocycles. The van der Waals surface area contributed by atoms with Crippen molar-refractivity contribution in [1.29, 1.82) is 5.26 Å². The summed E-state index contributed by atoms with van der Waals surface area (Å²) >= 11 is 0. The average Bonchev–Trinajstić information content (AvgIpc) is 2.11. The van der Waals surface area contributed by atoms with Crippen molar-refractivity contribution >= 4 is 0 Å². The third-order valence-electron chi connectivity index (χ3n) is 1.79. The molecule has 0 bridgehead atoms. The van der Waals surface area contributed by atoms with Crippen molar-refractivity contribution in [2.45, 2.75) is 26.3 Å². The predicted molar refractivity (Wildman–Crippen MR) is 48.7 cm³/mol. The van der Waals surface area contributed by atoms with Crippen LogP contribution < -0.4 is 5.32 Å². The maximum atomic E-state index is 8.53. The summed E-state index contributed by atoms with van der Waals surface area (Å²) in [6.45, 7) is 5.48. The lowest BCUT2D eigenvalue weighted by molar-refractivity contribution is 0.163. The summed E-state index contributed by atoms with van der Waals surface area (Å²) in [6, 6.07) is 2.56. The normalized spacial score (nSPS) is 15.2. The smallest absolute Gasteiger partial charge is 0.0666 e. The molecule has 0 aromatic rings. The van der Waals surface area contributed by atoms with Gasteiger partial charge in [-0.2, -0.15) is 5.26 Å². The van der Waals surface area contributed by atoms with Crippen LogP contribution in [0.2, 0.25) is 0 Å². The molecule has 0 saturated heterocycles. The topological polar surface area (TPSA) is 45.0 Å². The zero-order valence-corrected chi connectivity index (χ0v) is 8.13. The Labute approximate surface area is 74.7 Å². The molecule has 0 aliphatic rings. The van der Waals surface area contributed by atoms with Crippen molar-refractivity contribution in [2.75, 3.05) is 20.3 Å². The Balaban J connectivity index is 3.51. The third-order valence-corrected chi connectivity index (χ3v) is 1.79. The molecule has 0 saturated carbocycles. The van der Waals surface area contributed by atoms with Gasteiger partial charge in [0.1, 0.15) is 0 Å². The molecule has 0 rings (SSSR count). The summed E-state index contributed by atoms with van der Waals surface area (Å²) < 4.78 is 5.02. The molecule has 0 spiro atoms. The highest BCUT2D eigenvalue weighted by molar-refractivity contribution is 4.81. The second kappa shape index (κ2) is 7.08. The lowest BCUT2D eigenvalue weighted by atomic mass is 10.2. The van der Waals surface area contributed by atoms with Gasteiger partial charge in [-0.05, 0) is 13.3 Å². The number of nitrogens with zero attached hydrogens (tertiary/aromatic N) is 1. The molecule has 2 unspecified atom stereocenters. The quantitative estimate of drug-likeness (QED) is 0.650. The van der Waals surface area contributed by atoms with Crippen LogP contribution in [0.5, 0.6) is 0 Å². The first-order valence-corrected chi connectivity index (χ1v) is 4.36. The molecule has 0 heterocycles. The monoisotopic (exact) mass is 170 g/mol. The van der Waals surface area contributed by atoms with E-state index in [1.807, 2.05) is 6.92 Å². The standard InChI is InChI=1S/C9H18N2O/c1-4-9(7-12-3)11-6-8(2)5-10/h8-9,11H,4,6-7H2,1-3H3. The third kappa shape index (κ3) is 5.11. The highest BCUT2D eigenvalue weighted by Crippen LogP contribution is 1.94. The molecule has 0 fully saturated rings. The first-order valence-electron chi connectivity index (χ1n) is 4.36. The fourth-order valence-corrected chi connectivity index (χ4v) is 0.911. The van der Waals surface area contributed by atoms with Crippen molar-refractivity contribution in [2.24, 2.45) is 5.92 Å². The summed E-state index contributed by atoms with van der Waals surface area (Å²) in [7, 11) is 1.69. The van der Waals surface area contributed by atoms with Crippen LogP contribution in [0.25, 0.3) is 0 Å². The van der Waals surface area contributed by atoms with Gasteiger partial charge in [0, 0.05) is 19.7 Å². The summed E-state index contributed by atoms with van der Waals surface area (Å²) in [4.78, 5) is 0. The van der Waals surface area contributed by atoms with Crippen LogP contribution in [0.4, 0.5) is 0 Å². The van der Waals surface area contributed by atoms with E-state index in [1.165, 1.54) is 0 Å². The van der Waals surface area contributed by atoms with E-state index >= 15 is 0 Å². The van der Waals surface area contributed by atoms with Crippen molar-refractivity contribution < 1.29 is 4.74 Å². The average molecular weight is 170 g/mol. The van der Waals surface area contributed by atoms with Gasteiger partial charge in [-0.3, -0.25) is 0 Å². The first kappa shape index (κ1) is 11.4. The number of ether oxygens (including phenoxy) is 1. The highest BCUT2D eigenvalue weighted by atomic mass is 16.5. The molecule has 0 amide bonds. The van der Waals surface area contributed by atoms with Crippen molar-refractivity contribution in [3.8, 4) is 6.07 Å². The molecule has 70 valence electrons. The second-order valence-corrected chi connectivity index (χ2v) is 3.00. The Morgan fingerprint density at radius 2 is 2.25 bits per heavy atom. The molecule has 0 radical (unpaired) electrons. The van der Waals surface area contributed by atoms with Gasteiger partial charge in [0.15, 0.2) is 0 Å². The summed E-state index contributed by atoms with van der Waals surface area (Å²) in [6.07, 6.45) is 1.03. The lowest BCUT2D eigenvalue weighted by Gasteiger charge is -2.16. The van der Waals surface area contributed by atoms with E-state index < -0.39 is 0 Å². The van der Waals surface area contributed by atoms with E-state index in [9.17, 15) is 0 Å². The highest BCUT2D eigenvalue weighted by Gasteiger charge is 2.06. The number of rotatable bonds is 6. The molecule has 2 atom stereocenters. The van der Waals surface area contributed by atoms with Crippen LogP contribution in [-0.4, -0.2) is 26.3 Å².